The minimum absolute atomic E-state index is 0.000814. The number of ether oxygens (including phenoxy) is 1. The zero-order chi connectivity index (χ0) is 18.7. The highest BCUT2D eigenvalue weighted by molar-refractivity contribution is 7.94. The third-order valence-corrected chi connectivity index (χ3v) is 8.33. The van der Waals surface area contributed by atoms with Gasteiger partial charge in [-0.15, -0.1) is 11.3 Å². The van der Waals surface area contributed by atoms with Crippen LogP contribution < -0.4 is 9.46 Å². The average molecular weight is 405 g/mol. The van der Waals surface area contributed by atoms with E-state index in [0.29, 0.717) is 13.1 Å². The highest BCUT2D eigenvalue weighted by Gasteiger charge is 2.24. The van der Waals surface area contributed by atoms with Crippen molar-refractivity contribution in [2.75, 3.05) is 24.9 Å². The van der Waals surface area contributed by atoms with Crippen LogP contribution in [0, 0.1) is 0 Å². The Hall–Kier alpha value is -1.62. The quantitative estimate of drug-likeness (QED) is 0.730. The summed E-state index contributed by atoms with van der Waals surface area (Å²) in [7, 11) is -6.14. The van der Waals surface area contributed by atoms with E-state index in [4.69, 9.17) is 4.74 Å². The van der Waals surface area contributed by atoms with E-state index in [-0.39, 0.29) is 20.5 Å². The summed E-state index contributed by atoms with van der Waals surface area (Å²) < 4.78 is 59.1. The molecule has 10 heteroatoms. The normalized spacial score (nSPS) is 12.3. The highest BCUT2D eigenvalue weighted by atomic mass is 32.2. The summed E-state index contributed by atoms with van der Waals surface area (Å²) >= 11 is 1.07. The maximum atomic E-state index is 12.7. The molecule has 7 nitrogen and oxygen atoms in total. The molecular weight excluding hydrogens is 384 g/mol. The molecule has 1 aromatic heterocycles. The molecule has 0 amide bonds. The number of hydrogen-bond donors (Lipinski definition) is 1. The van der Waals surface area contributed by atoms with Crippen molar-refractivity contribution in [1.82, 2.24) is 4.31 Å². The van der Waals surface area contributed by atoms with Gasteiger partial charge in [0.05, 0.1) is 17.7 Å². The van der Waals surface area contributed by atoms with E-state index in [1.165, 1.54) is 35.7 Å². The molecule has 25 heavy (non-hydrogen) atoms. The fourth-order valence-electron chi connectivity index (χ4n) is 2.25. The van der Waals surface area contributed by atoms with Crippen molar-refractivity contribution in [2.24, 2.45) is 0 Å². The number of thiophene rings is 1. The van der Waals surface area contributed by atoms with E-state index >= 15 is 0 Å². The highest BCUT2D eigenvalue weighted by Crippen LogP contribution is 2.31. The minimum atomic E-state index is -3.82. The van der Waals surface area contributed by atoms with Gasteiger partial charge in [0.25, 0.3) is 10.0 Å². The second kappa shape index (κ2) is 7.73. The number of benzene rings is 1. The monoisotopic (exact) mass is 404 g/mol. The summed E-state index contributed by atoms with van der Waals surface area (Å²) in [6.45, 7) is 4.12. The molecule has 0 fully saturated rings. The number of anilines is 1. The zero-order valence-electron chi connectivity index (χ0n) is 14.1. The standard InChI is InChI=1S/C15H20N2O5S3/c1-4-17(5-2)25(20,21)12-8-9-14(22-3)13(11-12)16-24(18,19)15-7-6-10-23-15/h6-11,16H,4-5H2,1-3H3. The van der Waals surface area contributed by atoms with Crippen LogP contribution in [0.5, 0.6) is 5.75 Å². The van der Waals surface area contributed by atoms with Crippen molar-refractivity contribution in [3.8, 4) is 5.75 Å². The Bertz CT molecular complexity index is 918. The number of rotatable bonds is 8. The molecule has 0 bridgehead atoms. The van der Waals surface area contributed by atoms with Crippen LogP contribution in [0.25, 0.3) is 0 Å². The van der Waals surface area contributed by atoms with E-state index in [1.54, 1.807) is 25.3 Å². The van der Waals surface area contributed by atoms with Crippen molar-refractivity contribution in [3.63, 3.8) is 0 Å². The summed E-state index contributed by atoms with van der Waals surface area (Å²) in [5.74, 6) is 0.235. The second-order valence-corrected chi connectivity index (χ2v) is 9.78. The number of sulfonamides is 2. The van der Waals surface area contributed by atoms with Crippen LogP contribution in [0.4, 0.5) is 5.69 Å². The van der Waals surface area contributed by atoms with Crippen molar-refractivity contribution < 1.29 is 21.6 Å². The SMILES string of the molecule is CCN(CC)S(=O)(=O)c1ccc(OC)c(NS(=O)(=O)c2cccs2)c1. The van der Waals surface area contributed by atoms with Crippen LogP contribution in [0.1, 0.15) is 13.8 Å². The van der Waals surface area contributed by atoms with Crippen LogP contribution in [0.2, 0.25) is 0 Å². The minimum Gasteiger partial charge on any atom is -0.495 e. The van der Waals surface area contributed by atoms with Crippen LogP contribution in [-0.2, 0) is 20.0 Å². The Kier molecular flexibility index (Phi) is 6.09. The van der Waals surface area contributed by atoms with Gasteiger partial charge >= 0.3 is 0 Å². The van der Waals surface area contributed by atoms with Crippen molar-refractivity contribution in [1.29, 1.82) is 0 Å². The fraction of sp³-hybridized carbons (Fsp3) is 0.333. The van der Waals surface area contributed by atoms with Crippen LogP contribution in [0.3, 0.4) is 0 Å². The molecule has 1 heterocycles. The molecule has 0 unspecified atom stereocenters. The first-order chi connectivity index (χ1) is 11.8. The van der Waals surface area contributed by atoms with Gasteiger partial charge in [-0.25, -0.2) is 16.8 Å². The molecule has 0 saturated carbocycles. The zero-order valence-corrected chi connectivity index (χ0v) is 16.5. The summed E-state index contributed by atoms with van der Waals surface area (Å²) in [6.07, 6.45) is 0. The van der Waals surface area contributed by atoms with E-state index in [0.717, 1.165) is 11.3 Å². The van der Waals surface area contributed by atoms with Gasteiger partial charge in [0, 0.05) is 13.1 Å². The Labute approximate surface area is 152 Å². The molecule has 2 rings (SSSR count). The van der Waals surface area contributed by atoms with E-state index in [2.05, 4.69) is 4.72 Å². The van der Waals surface area contributed by atoms with Gasteiger partial charge in [0.1, 0.15) is 9.96 Å². The number of nitrogens with one attached hydrogen (secondary N) is 1. The van der Waals surface area contributed by atoms with Gasteiger partial charge in [-0.3, -0.25) is 4.72 Å². The molecule has 0 aliphatic carbocycles. The fourth-order valence-corrected chi connectivity index (χ4v) is 5.79. The van der Waals surface area contributed by atoms with Gasteiger partial charge in [0.15, 0.2) is 0 Å². The van der Waals surface area contributed by atoms with Crippen LogP contribution in [-0.4, -0.2) is 41.3 Å². The topological polar surface area (TPSA) is 92.8 Å². The Morgan fingerprint density at radius 1 is 1.12 bits per heavy atom. The number of methoxy groups -OCH3 is 1. The maximum Gasteiger partial charge on any atom is 0.271 e. The summed E-state index contributed by atoms with van der Waals surface area (Å²) in [6, 6.07) is 7.20. The third kappa shape index (κ3) is 4.14. The van der Waals surface area contributed by atoms with Crippen molar-refractivity contribution >= 4 is 37.1 Å². The van der Waals surface area contributed by atoms with Crippen molar-refractivity contribution in [3.05, 3.63) is 35.7 Å². The van der Waals surface area contributed by atoms with Gasteiger partial charge in [-0.1, -0.05) is 19.9 Å². The Morgan fingerprint density at radius 2 is 1.80 bits per heavy atom. The lowest BCUT2D eigenvalue weighted by atomic mass is 10.3. The van der Waals surface area contributed by atoms with Crippen molar-refractivity contribution in [2.45, 2.75) is 23.0 Å². The predicted molar refractivity (Wildman–Crippen MR) is 98.2 cm³/mol. The molecule has 1 aromatic carbocycles. The second-order valence-electron chi connectivity index (χ2n) is 4.99. The molecule has 0 spiro atoms. The van der Waals surface area contributed by atoms with E-state index in [9.17, 15) is 16.8 Å². The maximum absolute atomic E-state index is 12.7. The molecule has 0 aliphatic rings. The van der Waals surface area contributed by atoms with E-state index in [1.807, 2.05) is 0 Å². The molecule has 0 atom stereocenters. The lowest BCUT2D eigenvalue weighted by Gasteiger charge is -2.19. The smallest absolute Gasteiger partial charge is 0.271 e. The largest absolute Gasteiger partial charge is 0.495 e. The predicted octanol–water partition coefficient (Wildman–Crippen LogP) is 2.59. The summed E-state index contributed by atoms with van der Waals surface area (Å²) in [5.41, 5.74) is 0.0733. The Morgan fingerprint density at radius 3 is 2.32 bits per heavy atom. The van der Waals surface area contributed by atoms with Crippen LogP contribution >= 0.6 is 11.3 Å². The third-order valence-electron chi connectivity index (χ3n) is 3.52. The summed E-state index contributed by atoms with van der Waals surface area (Å²) in [5, 5.41) is 1.65. The molecular formula is C15H20N2O5S3. The average Bonchev–Trinajstić information content (AvgIpc) is 3.10. The number of hydrogen-bond acceptors (Lipinski definition) is 6. The van der Waals surface area contributed by atoms with Crippen LogP contribution in [0.15, 0.2) is 44.8 Å². The molecule has 2 aromatic rings. The molecule has 0 saturated heterocycles. The molecule has 0 radical (unpaired) electrons. The Balaban J connectivity index is 2.48. The van der Waals surface area contributed by atoms with Gasteiger partial charge in [-0.2, -0.15) is 4.31 Å². The van der Waals surface area contributed by atoms with Gasteiger partial charge in [0.2, 0.25) is 10.0 Å². The molecule has 138 valence electrons. The number of nitrogens with zero attached hydrogens (tertiary/aromatic N) is 1. The summed E-state index contributed by atoms with van der Waals surface area (Å²) in [4.78, 5) is 0.000814. The first-order valence-corrected chi connectivity index (χ1v) is 11.3. The lowest BCUT2D eigenvalue weighted by molar-refractivity contribution is 0.416. The first-order valence-electron chi connectivity index (χ1n) is 7.50. The molecule has 1 N–H and O–H groups in total. The lowest BCUT2D eigenvalue weighted by Crippen LogP contribution is -2.30. The molecule has 0 aliphatic heterocycles. The van der Waals surface area contributed by atoms with Gasteiger partial charge in [-0.05, 0) is 29.6 Å². The van der Waals surface area contributed by atoms with E-state index < -0.39 is 20.0 Å². The van der Waals surface area contributed by atoms with Gasteiger partial charge < -0.3 is 4.74 Å². The first kappa shape index (κ1) is 19.7.